The largest absolute Gasteiger partial charge is 0.256 e. The Labute approximate surface area is 202 Å². The second-order valence-electron chi connectivity index (χ2n) is 8.49. The minimum absolute atomic E-state index is 0.0445. The molecule has 1 aromatic heterocycles. The number of hydrogen-bond donors (Lipinski definition) is 0. The van der Waals surface area contributed by atoms with Gasteiger partial charge >= 0.3 is 0 Å². The van der Waals surface area contributed by atoms with Gasteiger partial charge in [-0.3, -0.25) is 4.98 Å². The smallest absolute Gasteiger partial charge is 0.242 e. The predicted octanol–water partition coefficient (Wildman–Crippen LogP) is 6.20. The van der Waals surface area contributed by atoms with Crippen molar-refractivity contribution in [2.45, 2.75) is 6.92 Å². The molecule has 0 fully saturated rings. The molecule has 4 aromatic carbocycles. The lowest BCUT2D eigenvalue weighted by molar-refractivity contribution is 1.27. The minimum Gasteiger partial charge on any atom is -0.256 e. The second kappa shape index (κ2) is 10.2. The number of rotatable bonds is 6. The van der Waals surface area contributed by atoms with Gasteiger partial charge in [-0.2, -0.15) is 0 Å². The van der Waals surface area contributed by atoms with Crippen LogP contribution in [0.3, 0.4) is 0 Å². The summed E-state index contributed by atoms with van der Waals surface area (Å²) in [6.45, 7) is 2.17. The molecule has 0 aliphatic rings. The average molecular weight is 435 g/mol. The van der Waals surface area contributed by atoms with E-state index in [1.807, 2.05) is 12.3 Å². The Bertz CT molecular complexity index is 1320. The highest BCUT2D eigenvalue weighted by molar-refractivity contribution is 7.00. The van der Waals surface area contributed by atoms with Gasteiger partial charge in [0.2, 0.25) is 6.71 Å². The molecule has 0 amide bonds. The van der Waals surface area contributed by atoms with Crippen LogP contribution in [0.4, 0.5) is 0 Å². The molecule has 162 valence electrons. The van der Waals surface area contributed by atoms with Crippen molar-refractivity contribution in [1.29, 1.82) is 0 Å². The zero-order valence-corrected chi connectivity index (χ0v) is 19.3. The predicted molar refractivity (Wildman–Crippen MR) is 146 cm³/mol. The maximum absolute atomic E-state index is 4.84. The van der Waals surface area contributed by atoms with E-state index in [1.165, 1.54) is 33.1 Å². The Morgan fingerprint density at radius 1 is 0.529 bits per heavy atom. The molecule has 0 bridgehead atoms. The number of pyridine rings is 1. The molecule has 34 heavy (non-hydrogen) atoms. The van der Waals surface area contributed by atoms with Crippen LogP contribution in [0.15, 0.2) is 140 Å². The summed E-state index contributed by atoms with van der Waals surface area (Å²) in [5, 5.41) is 0. The van der Waals surface area contributed by atoms with Crippen LogP contribution in [0.2, 0.25) is 0 Å². The molecule has 0 radical (unpaired) electrons. The van der Waals surface area contributed by atoms with Gasteiger partial charge < -0.3 is 0 Å². The summed E-state index contributed by atoms with van der Waals surface area (Å²) >= 11 is 0. The molecule has 5 rings (SSSR count). The number of hydrogen-bond acceptors (Lipinski definition) is 1. The second-order valence-corrected chi connectivity index (χ2v) is 8.49. The molecule has 0 atom stereocenters. The normalized spacial score (nSPS) is 11.6. The molecule has 0 aliphatic carbocycles. The number of benzene rings is 4. The molecule has 0 spiro atoms. The fraction of sp³-hybridized carbons (Fsp3) is 0.0312. The van der Waals surface area contributed by atoms with Gasteiger partial charge in [0, 0.05) is 11.8 Å². The first-order valence-electron chi connectivity index (χ1n) is 11.7. The van der Waals surface area contributed by atoms with Gasteiger partial charge in [0.25, 0.3) is 0 Å². The van der Waals surface area contributed by atoms with Crippen molar-refractivity contribution in [3.8, 4) is 0 Å². The first-order chi connectivity index (χ1) is 16.8. The molecule has 0 saturated carbocycles. The maximum Gasteiger partial charge on any atom is 0.242 e. The van der Waals surface area contributed by atoms with Crippen LogP contribution >= 0.6 is 0 Å². The lowest BCUT2D eigenvalue weighted by atomic mass is 9.34. The van der Waals surface area contributed by atoms with Crippen LogP contribution in [0.25, 0.3) is 11.0 Å². The Morgan fingerprint density at radius 2 is 1.06 bits per heavy atom. The van der Waals surface area contributed by atoms with Gasteiger partial charge in [0.15, 0.2) is 0 Å². The first-order valence-corrected chi connectivity index (χ1v) is 11.7. The Morgan fingerprint density at radius 3 is 1.59 bits per heavy atom. The summed E-state index contributed by atoms with van der Waals surface area (Å²) in [5.74, 6) is 0. The molecular weight excluding hydrogens is 409 g/mol. The highest BCUT2D eigenvalue weighted by atomic mass is 14.7. The summed E-state index contributed by atoms with van der Waals surface area (Å²) in [6, 6.07) is 47.3. The van der Waals surface area contributed by atoms with E-state index in [4.69, 9.17) is 4.98 Å². The van der Waals surface area contributed by atoms with Crippen LogP contribution < -0.4 is 10.9 Å². The lowest BCUT2D eigenvalue weighted by Crippen LogP contribution is -2.44. The molecule has 0 saturated heterocycles. The van der Waals surface area contributed by atoms with E-state index < -0.39 is 0 Å². The Hall–Kier alpha value is -4.17. The summed E-state index contributed by atoms with van der Waals surface area (Å²) in [4.78, 5) is 4.84. The fourth-order valence-corrected chi connectivity index (χ4v) is 4.56. The maximum atomic E-state index is 4.84. The van der Waals surface area contributed by atoms with Crippen molar-refractivity contribution in [2.75, 3.05) is 0 Å². The van der Waals surface area contributed by atoms with Crippen molar-refractivity contribution < 1.29 is 0 Å². The van der Waals surface area contributed by atoms with Crippen molar-refractivity contribution >= 4 is 28.7 Å². The van der Waals surface area contributed by atoms with Crippen molar-refractivity contribution in [2.24, 2.45) is 0 Å². The third-order valence-corrected chi connectivity index (χ3v) is 6.17. The number of aryl methyl sites for hydroxylation is 1. The van der Waals surface area contributed by atoms with Gasteiger partial charge in [-0.1, -0.05) is 143 Å². The van der Waals surface area contributed by atoms with Crippen LogP contribution in [0, 0.1) is 6.92 Å². The van der Waals surface area contributed by atoms with Crippen LogP contribution in [0.5, 0.6) is 0 Å². The topological polar surface area (TPSA) is 12.9 Å². The molecule has 0 aliphatic heterocycles. The summed E-state index contributed by atoms with van der Waals surface area (Å²) in [6.07, 6.45) is 1.88. The highest BCUT2D eigenvalue weighted by Crippen LogP contribution is 2.33. The average Bonchev–Trinajstić information content (AvgIpc) is 2.91. The van der Waals surface area contributed by atoms with Gasteiger partial charge in [-0.15, -0.1) is 0 Å². The molecule has 0 unspecified atom stereocenters. The number of aromatic nitrogens is 1. The third kappa shape index (κ3) is 4.62. The van der Waals surface area contributed by atoms with E-state index in [9.17, 15) is 0 Å². The van der Waals surface area contributed by atoms with E-state index in [-0.39, 0.29) is 6.71 Å². The molecule has 1 heterocycles. The van der Waals surface area contributed by atoms with Gasteiger partial charge in [0.1, 0.15) is 0 Å². The summed E-state index contributed by atoms with van der Waals surface area (Å²) in [5.41, 5.74) is 9.50. The van der Waals surface area contributed by atoms with Gasteiger partial charge in [-0.25, -0.2) is 0 Å². The quantitative estimate of drug-likeness (QED) is 0.229. The SMILES string of the molecule is Cc1ccc(/C(=C(/B(c2ccccc2)c2ccccc2)c2ccccc2)c2ccccn2)cc1. The van der Waals surface area contributed by atoms with Gasteiger partial charge in [-0.05, 0) is 30.2 Å². The van der Waals surface area contributed by atoms with Crippen molar-refractivity contribution in [1.82, 2.24) is 4.98 Å². The van der Waals surface area contributed by atoms with E-state index in [0.29, 0.717) is 0 Å². The fourth-order valence-electron chi connectivity index (χ4n) is 4.56. The molecule has 0 N–H and O–H groups in total. The molecule has 2 heteroatoms. The molecule has 1 nitrogen and oxygen atoms in total. The van der Waals surface area contributed by atoms with Crippen molar-refractivity contribution in [3.63, 3.8) is 0 Å². The molecule has 5 aromatic rings. The van der Waals surface area contributed by atoms with Crippen LogP contribution in [-0.2, 0) is 0 Å². The number of nitrogens with zero attached hydrogens (tertiary/aromatic N) is 1. The Balaban J connectivity index is 1.91. The minimum atomic E-state index is 0.0445. The first kappa shape index (κ1) is 21.7. The third-order valence-electron chi connectivity index (χ3n) is 6.17. The summed E-state index contributed by atoms with van der Waals surface area (Å²) in [7, 11) is 0. The van der Waals surface area contributed by atoms with Crippen molar-refractivity contribution in [3.05, 3.63) is 162 Å². The standard InChI is InChI=1S/C32H26BN/c1-25-20-22-26(23-21-25)31(30-19-11-12-24-34-30)32(27-13-5-2-6-14-27)33(28-15-7-3-8-16-28)29-17-9-4-10-18-29/h2-24H,1H3/b32-31-. The highest BCUT2D eigenvalue weighted by Gasteiger charge is 2.29. The summed E-state index contributed by atoms with van der Waals surface area (Å²) < 4.78 is 0. The monoisotopic (exact) mass is 435 g/mol. The Kier molecular flexibility index (Phi) is 6.49. The lowest BCUT2D eigenvalue weighted by Gasteiger charge is -2.24. The van der Waals surface area contributed by atoms with Crippen LogP contribution in [-0.4, -0.2) is 11.7 Å². The van der Waals surface area contributed by atoms with Crippen LogP contribution in [0.1, 0.15) is 22.4 Å². The van der Waals surface area contributed by atoms with Gasteiger partial charge in [0.05, 0.1) is 5.69 Å². The molecular formula is C32H26BN. The van der Waals surface area contributed by atoms with E-state index >= 15 is 0 Å². The van der Waals surface area contributed by atoms with E-state index in [1.54, 1.807) is 0 Å². The van der Waals surface area contributed by atoms with E-state index in [2.05, 4.69) is 134 Å². The zero-order valence-electron chi connectivity index (χ0n) is 19.3. The zero-order chi connectivity index (χ0) is 23.2. The van der Waals surface area contributed by atoms with E-state index in [0.717, 1.165) is 11.3 Å².